The molecule has 0 fully saturated rings. The molecule has 0 radical (unpaired) electrons. The van der Waals surface area contributed by atoms with Crippen LogP contribution in [0.2, 0.25) is 0 Å². The third kappa shape index (κ3) is 22.6. The highest BCUT2D eigenvalue weighted by atomic mass is 35.5. The summed E-state index contributed by atoms with van der Waals surface area (Å²) in [5, 5.41) is 0. The molecule has 0 bridgehead atoms. The normalized spacial score (nSPS) is 13.9. The van der Waals surface area contributed by atoms with Gasteiger partial charge >= 0.3 is 25.0 Å². The minimum atomic E-state index is -5.33. The molecule has 0 aliphatic carbocycles. The topological polar surface area (TPSA) is 0 Å². The van der Waals surface area contributed by atoms with Crippen molar-refractivity contribution in [1.82, 2.24) is 0 Å². The summed E-state index contributed by atoms with van der Waals surface area (Å²) in [5.41, 5.74) is -3.23. The van der Waals surface area contributed by atoms with Crippen LogP contribution in [0.25, 0.3) is 0 Å². The summed E-state index contributed by atoms with van der Waals surface area (Å²) in [5.74, 6) is 0. The van der Waals surface area contributed by atoms with Crippen molar-refractivity contribution < 1.29 is 57.1 Å². The standard InChI is InChI=1S/C2HClF4.C2HF5.C2H2F4/c2*3-1(4)2(5,6)7;3-1-2(4,5)6/h2*1H;1H2. The van der Waals surface area contributed by atoms with Crippen LogP contribution in [-0.4, -0.2) is 37.3 Å². The van der Waals surface area contributed by atoms with Crippen LogP contribution in [0, 0.1) is 0 Å². The van der Waals surface area contributed by atoms with E-state index < -0.39 is 37.3 Å². The molecule has 0 amide bonds. The molecule has 0 nitrogen and oxygen atoms in total. The summed E-state index contributed by atoms with van der Waals surface area (Å²) in [6, 6.07) is 0. The fourth-order valence-electron chi connectivity index (χ4n) is 0. The highest BCUT2D eigenvalue weighted by Gasteiger charge is 2.40. The van der Waals surface area contributed by atoms with E-state index in [0.717, 1.165) is 0 Å². The average Bonchev–Trinajstić information content (AvgIpc) is 2.15. The first-order valence-electron chi connectivity index (χ1n) is 3.77. The van der Waals surface area contributed by atoms with E-state index in [2.05, 4.69) is 11.6 Å². The molecule has 0 spiro atoms. The van der Waals surface area contributed by atoms with Crippen molar-refractivity contribution in [3.8, 4) is 0 Å². The molecule has 0 saturated carbocycles. The molecule has 0 saturated heterocycles. The van der Waals surface area contributed by atoms with Gasteiger partial charge in [-0.25, -0.2) is 17.6 Å². The van der Waals surface area contributed by atoms with Gasteiger partial charge in [-0.05, 0) is 0 Å². The van der Waals surface area contributed by atoms with Gasteiger partial charge in [0.15, 0.2) is 6.67 Å². The molecule has 14 heteroatoms. The second kappa shape index (κ2) is 9.34. The maximum absolute atomic E-state index is 10.8. The predicted molar refractivity (Wildman–Crippen MR) is 40.9 cm³/mol. The molecule has 0 aliphatic rings. The summed E-state index contributed by atoms with van der Waals surface area (Å²) in [6.07, 6.45) is -19.1. The number of alkyl halides is 14. The summed E-state index contributed by atoms with van der Waals surface area (Å²) in [4.78, 5) is 0. The number of halogens is 14. The Morgan fingerprint density at radius 2 is 0.850 bits per heavy atom. The van der Waals surface area contributed by atoms with Gasteiger partial charge < -0.3 is 0 Å². The van der Waals surface area contributed by atoms with Crippen molar-refractivity contribution in [2.24, 2.45) is 0 Å². The fraction of sp³-hybridized carbons (Fsp3) is 1.00. The van der Waals surface area contributed by atoms with E-state index in [9.17, 15) is 57.1 Å². The van der Waals surface area contributed by atoms with Crippen LogP contribution in [0.3, 0.4) is 0 Å². The fourth-order valence-corrected chi connectivity index (χ4v) is 0. The molecule has 0 aliphatic heterocycles. The lowest BCUT2D eigenvalue weighted by Gasteiger charge is -2.01. The lowest BCUT2D eigenvalue weighted by molar-refractivity contribution is -0.219. The first-order chi connectivity index (χ1) is 8.45. The van der Waals surface area contributed by atoms with Gasteiger partial charge in [0.25, 0.3) is 5.63 Å². The van der Waals surface area contributed by atoms with Gasteiger partial charge in [0, 0.05) is 0 Å². The minimum absolute atomic E-state index is 2.23. The van der Waals surface area contributed by atoms with Crippen LogP contribution in [0.5, 0.6) is 0 Å². The van der Waals surface area contributed by atoms with Crippen molar-refractivity contribution >= 4 is 11.6 Å². The van der Waals surface area contributed by atoms with E-state index in [1.54, 1.807) is 0 Å². The lowest BCUT2D eigenvalue weighted by Crippen LogP contribution is -2.18. The van der Waals surface area contributed by atoms with Crippen molar-refractivity contribution in [1.29, 1.82) is 0 Å². The monoisotopic (exact) mass is 358 g/mol. The summed E-state index contributed by atoms with van der Waals surface area (Å²) in [7, 11) is 0. The van der Waals surface area contributed by atoms with Crippen LogP contribution < -0.4 is 0 Å². The highest BCUT2D eigenvalue weighted by molar-refractivity contribution is 6.20. The molecule has 0 heterocycles. The Kier molecular flexibility index (Phi) is 11.4. The summed E-state index contributed by atoms with van der Waals surface area (Å²) >= 11 is 3.96. The summed E-state index contributed by atoms with van der Waals surface area (Å²) < 4.78 is 137. The number of rotatable bonds is 0. The van der Waals surface area contributed by atoms with E-state index in [1.807, 2.05) is 0 Å². The largest absolute Gasteiger partial charge is 0.450 e. The van der Waals surface area contributed by atoms with Crippen molar-refractivity contribution in [3.05, 3.63) is 0 Å². The Morgan fingerprint density at radius 1 is 0.700 bits per heavy atom. The lowest BCUT2D eigenvalue weighted by atomic mass is 10.7. The second-order valence-corrected chi connectivity index (χ2v) is 2.82. The third-order valence-corrected chi connectivity index (χ3v) is 0.894. The van der Waals surface area contributed by atoms with Gasteiger partial charge in [-0.2, -0.15) is 39.5 Å². The smallest absolute Gasteiger partial charge is 0.241 e. The van der Waals surface area contributed by atoms with E-state index in [-0.39, 0.29) is 0 Å². The molecule has 0 rings (SSSR count). The van der Waals surface area contributed by atoms with E-state index in [4.69, 9.17) is 0 Å². The van der Waals surface area contributed by atoms with E-state index >= 15 is 0 Å². The van der Waals surface area contributed by atoms with Gasteiger partial charge in [-0.15, -0.1) is 0 Å². The number of hydrogen-bond acceptors (Lipinski definition) is 0. The Hall–Kier alpha value is -0.620. The van der Waals surface area contributed by atoms with Crippen molar-refractivity contribution in [2.75, 3.05) is 6.67 Å². The third-order valence-electron chi connectivity index (χ3n) is 0.646. The Bertz CT molecular complexity index is 204. The van der Waals surface area contributed by atoms with Gasteiger partial charge in [0.05, 0.1) is 0 Å². The van der Waals surface area contributed by atoms with E-state index in [0.29, 0.717) is 0 Å². The summed E-state index contributed by atoms with van der Waals surface area (Å²) in [6.45, 7) is -2.23. The molecule has 0 aromatic rings. The van der Waals surface area contributed by atoms with E-state index in [1.165, 1.54) is 0 Å². The quantitative estimate of drug-likeness (QED) is 0.401. The van der Waals surface area contributed by atoms with Crippen LogP contribution in [0.1, 0.15) is 0 Å². The highest BCUT2D eigenvalue weighted by Crippen LogP contribution is 2.25. The maximum Gasteiger partial charge on any atom is 0.450 e. The van der Waals surface area contributed by atoms with Crippen LogP contribution >= 0.6 is 11.6 Å². The zero-order chi connectivity index (χ0) is 17.4. The molecular weight excluding hydrogens is 354 g/mol. The molecule has 0 N–H and O–H groups in total. The zero-order valence-electron chi connectivity index (χ0n) is 8.65. The number of hydrogen-bond donors (Lipinski definition) is 0. The second-order valence-electron chi connectivity index (χ2n) is 2.43. The molecule has 1 atom stereocenters. The zero-order valence-corrected chi connectivity index (χ0v) is 9.41. The van der Waals surface area contributed by atoms with Gasteiger partial charge in [-0.3, -0.25) is 0 Å². The molecule has 1 unspecified atom stereocenters. The molecule has 126 valence electrons. The van der Waals surface area contributed by atoms with Crippen LogP contribution in [-0.2, 0) is 0 Å². The predicted octanol–water partition coefficient (Wildman–Crippen LogP) is 5.42. The molecule has 0 aromatic carbocycles. The Balaban J connectivity index is -0.000000218. The maximum atomic E-state index is 10.8. The Morgan fingerprint density at radius 3 is 0.850 bits per heavy atom. The van der Waals surface area contributed by atoms with Crippen molar-refractivity contribution in [2.45, 2.75) is 30.6 Å². The van der Waals surface area contributed by atoms with Gasteiger partial charge in [0.2, 0.25) is 0 Å². The Labute approximate surface area is 107 Å². The average molecular weight is 359 g/mol. The molecular formula is C6H4ClF13. The first-order valence-corrected chi connectivity index (χ1v) is 4.21. The van der Waals surface area contributed by atoms with Gasteiger partial charge in [-0.1, -0.05) is 11.6 Å². The van der Waals surface area contributed by atoms with Crippen LogP contribution in [0.4, 0.5) is 57.1 Å². The SMILES string of the molecule is FC(Cl)C(F)(F)F.FC(F)C(F)(F)F.FCC(F)(F)F. The molecule has 20 heavy (non-hydrogen) atoms. The molecule has 0 aromatic heterocycles. The first kappa shape index (κ1) is 24.4. The van der Waals surface area contributed by atoms with Gasteiger partial charge in [0.1, 0.15) is 0 Å². The van der Waals surface area contributed by atoms with Crippen molar-refractivity contribution in [3.63, 3.8) is 0 Å². The minimum Gasteiger partial charge on any atom is -0.241 e. The van der Waals surface area contributed by atoms with Crippen LogP contribution in [0.15, 0.2) is 0 Å².